The first kappa shape index (κ1) is 14.3. The molecule has 0 aromatic heterocycles. The van der Waals surface area contributed by atoms with Crippen LogP contribution in [-0.2, 0) is 4.79 Å². The highest BCUT2D eigenvalue weighted by atomic mass is 16.2. The Labute approximate surface area is 122 Å². The van der Waals surface area contributed by atoms with E-state index in [0.29, 0.717) is 18.5 Å². The van der Waals surface area contributed by atoms with Gasteiger partial charge in [0, 0.05) is 38.3 Å². The molecule has 3 heterocycles. The van der Waals surface area contributed by atoms with Crippen molar-refractivity contribution in [3.05, 3.63) is 0 Å². The average molecular weight is 280 g/mol. The lowest BCUT2D eigenvalue weighted by Crippen LogP contribution is -2.52. The molecule has 3 saturated heterocycles. The molecule has 2 atom stereocenters. The van der Waals surface area contributed by atoms with Gasteiger partial charge in [-0.3, -0.25) is 9.69 Å². The van der Waals surface area contributed by atoms with Crippen LogP contribution in [0.2, 0.25) is 0 Å². The van der Waals surface area contributed by atoms with Gasteiger partial charge in [-0.15, -0.1) is 0 Å². The smallest absolute Gasteiger partial charge is 0.236 e. The predicted molar refractivity (Wildman–Crippen MR) is 79.7 cm³/mol. The molecule has 0 aliphatic carbocycles. The van der Waals surface area contributed by atoms with Crippen molar-refractivity contribution >= 4 is 5.91 Å². The van der Waals surface area contributed by atoms with Gasteiger partial charge in [-0.2, -0.15) is 0 Å². The second kappa shape index (κ2) is 6.41. The number of rotatable bonds is 3. The fourth-order valence-corrected chi connectivity index (χ4v) is 3.96. The van der Waals surface area contributed by atoms with Crippen LogP contribution in [-0.4, -0.2) is 85.6 Å². The normalized spacial score (nSPS) is 31.6. The predicted octanol–water partition coefficient (Wildman–Crippen LogP) is -0.0232. The second-order valence-electron chi connectivity index (χ2n) is 6.56. The standard InChI is InChI=1S/C15H28N4O/c1-17(12-15(20)19-9-5-16-6-10-19)13-4-8-18-7-2-3-14(18)11-13/h13-14,16H,2-12H2,1H3. The van der Waals surface area contributed by atoms with Crippen molar-refractivity contribution in [3.63, 3.8) is 0 Å². The molecule has 0 aromatic rings. The van der Waals surface area contributed by atoms with Gasteiger partial charge in [0.15, 0.2) is 0 Å². The van der Waals surface area contributed by atoms with Gasteiger partial charge < -0.3 is 15.1 Å². The Morgan fingerprint density at radius 3 is 2.80 bits per heavy atom. The molecule has 1 N–H and O–H groups in total. The summed E-state index contributed by atoms with van der Waals surface area (Å²) >= 11 is 0. The topological polar surface area (TPSA) is 38.8 Å². The van der Waals surface area contributed by atoms with E-state index in [9.17, 15) is 4.79 Å². The summed E-state index contributed by atoms with van der Waals surface area (Å²) in [4.78, 5) is 19.3. The van der Waals surface area contributed by atoms with Crippen molar-refractivity contribution in [3.8, 4) is 0 Å². The summed E-state index contributed by atoms with van der Waals surface area (Å²) in [6, 6.07) is 1.38. The van der Waals surface area contributed by atoms with Crippen LogP contribution in [0.15, 0.2) is 0 Å². The van der Waals surface area contributed by atoms with Crippen LogP contribution in [0.3, 0.4) is 0 Å². The highest BCUT2D eigenvalue weighted by molar-refractivity contribution is 5.78. The molecule has 0 bridgehead atoms. The molecular formula is C15H28N4O. The molecule has 0 saturated carbocycles. The zero-order valence-corrected chi connectivity index (χ0v) is 12.7. The molecule has 5 nitrogen and oxygen atoms in total. The number of piperidine rings is 1. The first-order chi connectivity index (χ1) is 9.74. The first-order valence-electron chi connectivity index (χ1n) is 8.17. The van der Waals surface area contributed by atoms with Crippen molar-refractivity contribution in [2.75, 3.05) is 52.9 Å². The quantitative estimate of drug-likeness (QED) is 0.788. The third kappa shape index (κ3) is 3.15. The van der Waals surface area contributed by atoms with Crippen LogP contribution in [0.4, 0.5) is 0 Å². The molecule has 114 valence electrons. The number of carbonyl (C=O) groups is 1. The molecule has 5 heteroatoms. The minimum absolute atomic E-state index is 0.308. The summed E-state index contributed by atoms with van der Waals surface area (Å²) in [6.07, 6.45) is 5.20. The van der Waals surface area contributed by atoms with E-state index in [1.54, 1.807) is 0 Å². The van der Waals surface area contributed by atoms with Crippen LogP contribution in [0.25, 0.3) is 0 Å². The molecule has 3 rings (SSSR count). The number of amides is 1. The third-order valence-electron chi connectivity index (χ3n) is 5.27. The number of likely N-dealkylation sites (N-methyl/N-ethyl adjacent to an activating group) is 1. The summed E-state index contributed by atoms with van der Waals surface area (Å²) in [5.41, 5.74) is 0. The van der Waals surface area contributed by atoms with E-state index in [1.807, 2.05) is 4.90 Å². The monoisotopic (exact) mass is 280 g/mol. The minimum Gasteiger partial charge on any atom is -0.339 e. The minimum atomic E-state index is 0.308. The molecule has 3 aliphatic rings. The SMILES string of the molecule is CN(CC(=O)N1CCNCC1)C1CCN2CCCC2C1. The Hall–Kier alpha value is -0.650. The van der Waals surface area contributed by atoms with Crippen LogP contribution in [0.1, 0.15) is 25.7 Å². The van der Waals surface area contributed by atoms with Crippen LogP contribution in [0, 0.1) is 0 Å². The molecule has 0 spiro atoms. The number of hydrogen-bond acceptors (Lipinski definition) is 4. The Balaban J connectivity index is 1.48. The van der Waals surface area contributed by atoms with Gasteiger partial charge in [0.2, 0.25) is 5.91 Å². The van der Waals surface area contributed by atoms with E-state index < -0.39 is 0 Å². The summed E-state index contributed by atoms with van der Waals surface area (Å²) in [5, 5.41) is 3.30. The van der Waals surface area contributed by atoms with Gasteiger partial charge in [-0.25, -0.2) is 0 Å². The summed E-state index contributed by atoms with van der Waals surface area (Å²) in [5.74, 6) is 0.308. The van der Waals surface area contributed by atoms with E-state index >= 15 is 0 Å². The Morgan fingerprint density at radius 2 is 2.00 bits per heavy atom. The molecule has 0 radical (unpaired) electrons. The number of fused-ring (bicyclic) bond motifs is 1. The van der Waals surface area contributed by atoms with Crippen LogP contribution >= 0.6 is 0 Å². The molecule has 0 aromatic carbocycles. The van der Waals surface area contributed by atoms with Crippen molar-refractivity contribution in [2.24, 2.45) is 0 Å². The number of carbonyl (C=O) groups excluding carboxylic acids is 1. The Kier molecular flexibility index (Phi) is 4.58. The van der Waals surface area contributed by atoms with Gasteiger partial charge in [0.1, 0.15) is 0 Å². The summed E-state index contributed by atoms with van der Waals surface area (Å²) in [6.45, 7) is 6.73. The Bertz CT molecular complexity index is 343. The lowest BCUT2D eigenvalue weighted by Gasteiger charge is -2.39. The fraction of sp³-hybridized carbons (Fsp3) is 0.933. The first-order valence-corrected chi connectivity index (χ1v) is 8.17. The van der Waals surface area contributed by atoms with Gasteiger partial charge in [-0.1, -0.05) is 0 Å². The van der Waals surface area contributed by atoms with Crippen LogP contribution < -0.4 is 5.32 Å². The van der Waals surface area contributed by atoms with E-state index in [-0.39, 0.29) is 0 Å². The van der Waals surface area contributed by atoms with Gasteiger partial charge in [-0.05, 0) is 45.8 Å². The zero-order valence-electron chi connectivity index (χ0n) is 12.7. The zero-order chi connectivity index (χ0) is 13.9. The molecule has 3 fully saturated rings. The summed E-state index contributed by atoms with van der Waals surface area (Å²) in [7, 11) is 2.13. The molecule has 2 unspecified atom stereocenters. The maximum Gasteiger partial charge on any atom is 0.236 e. The number of hydrogen-bond donors (Lipinski definition) is 1. The highest BCUT2D eigenvalue weighted by Crippen LogP contribution is 2.28. The van der Waals surface area contributed by atoms with Crippen molar-refractivity contribution in [1.29, 1.82) is 0 Å². The van der Waals surface area contributed by atoms with Crippen molar-refractivity contribution in [2.45, 2.75) is 37.8 Å². The lowest BCUT2D eigenvalue weighted by atomic mass is 9.96. The van der Waals surface area contributed by atoms with Gasteiger partial charge >= 0.3 is 0 Å². The number of nitrogens with zero attached hydrogens (tertiary/aromatic N) is 3. The maximum absolute atomic E-state index is 12.3. The van der Waals surface area contributed by atoms with Gasteiger partial charge in [0.05, 0.1) is 6.54 Å². The van der Waals surface area contributed by atoms with Crippen molar-refractivity contribution in [1.82, 2.24) is 20.0 Å². The van der Waals surface area contributed by atoms with Gasteiger partial charge in [0.25, 0.3) is 0 Å². The molecule has 1 amide bonds. The molecule has 3 aliphatic heterocycles. The third-order valence-corrected chi connectivity index (χ3v) is 5.27. The second-order valence-corrected chi connectivity index (χ2v) is 6.56. The summed E-state index contributed by atoms with van der Waals surface area (Å²) < 4.78 is 0. The fourth-order valence-electron chi connectivity index (χ4n) is 3.96. The van der Waals surface area contributed by atoms with Crippen molar-refractivity contribution < 1.29 is 4.79 Å². The maximum atomic E-state index is 12.3. The van der Waals surface area contributed by atoms with E-state index in [2.05, 4.69) is 22.2 Å². The van der Waals surface area contributed by atoms with E-state index in [0.717, 1.165) is 32.2 Å². The van der Waals surface area contributed by atoms with Crippen LogP contribution in [0.5, 0.6) is 0 Å². The number of nitrogens with one attached hydrogen (secondary N) is 1. The Morgan fingerprint density at radius 1 is 1.20 bits per heavy atom. The number of piperazine rings is 1. The average Bonchev–Trinajstić information content (AvgIpc) is 2.95. The molecular weight excluding hydrogens is 252 g/mol. The molecule has 20 heavy (non-hydrogen) atoms. The highest BCUT2D eigenvalue weighted by Gasteiger charge is 2.33. The van der Waals surface area contributed by atoms with E-state index in [4.69, 9.17) is 0 Å². The largest absolute Gasteiger partial charge is 0.339 e. The lowest BCUT2D eigenvalue weighted by molar-refractivity contribution is -0.133. The van der Waals surface area contributed by atoms with E-state index in [1.165, 1.54) is 38.8 Å².